The molecule has 1 saturated carbocycles. The average molecular weight is 273 g/mol. The average Bonchev–Trinajstić information content (AvgIpc) is 2.86. The molecular weight excluding hydrogens is 246 g/mol. The number of ether oxygens (including phenoxy) is 1. The fraction of sp³-hybridized carbons (Fsp3) is 0.667. The van der Waals surface area contributed by atoms with Crippen LogP contribution in [0.25, 0.3) is 0 Å². The summed E-state index contributed by atoms with van der Waals surface area (Å²) in [5.41, 5.74) is 4.12. The number of aryl methyl sites for hydroxylation is 2. The van der Waals surface area contributed by atoms with Gasteiger partial charge in [-0.15, -0.1) is 0 Å². The molecule has 1 heterocycles. The normalized spacial score (nSPS) is 22.8. The van der Waals surface area contributed by atoms with Gasteiger partial charge in [0.15, 0.2) is 0 Å². The molecule has 3 rings (SSSR count). The fourth-order valence-corrected chi connectivity index (χ4v) is 3.21. The predicted molar refractivity (Wildman–Crippen MR) is 83.5 cm³/mol. The van der Waals surface area contributed by atoms with Crippen LogP contribution in [0.15, 0.2) is 12.1 Å². The molecule has 0 amide bonds. The second-order valence-electron chi connectivity index (χ2n) is 6.65. The lowest BCUT2D eigenvalue weighted by Crippen LogP contribution is -2.24. The van der Waals surface area contributed by atoms with Gasteiger partial charge in [0.2, 0.25) is 0 Å². The minimum absolute atomic E-state index is 0.642. The Labute approximate surface area is 122 Å². The molecule has 1 N–H and O–H groups in total. The molecule has 1 aromatic carbocycles. The van der Waals surface area contributed by atoms with Crippen molar-refractivity contribution in [1.82, 2.24) is 5.32 Å². The van der Waals surface area contributed by atoms with E-state index >= 15 is 0 Å². The van der Waals surface area contributed by atoms with Crippen molar-refractivity contribution in [3.05, 3.63) is 28.8 Å². The van der Waals surface area contributed by atoms with E-state index in [0.29, 0.717) is 6.04 Å². The third-order valence-corrected chi connectivity index (χ3v) is 5.00. The Morgan fingerprint density at radius 3 is 2.55 bits per heavy atom. The summed E-state index contributed by atoms with van der Waals surface area (Å²) in [7, 11) is 0. The first-order chi connectivity index (χ1) is 9.72. The van der Waals surface area contributed by atoms with E-state index in [1.807, 2.05) is 0 Å². The largest absolute Gasteiger partial charge is 0.493 e. The molecule has 1 aliphatic carbocycles. The third-order valence-electron chi connectivity index (χ3n) is 5.00. The molecule has 110 valence electrons. The van der Waals surface area contributed by atoms with Crippen LogP contribution in [0.3, 0.4) is 0 Å². The number of hydrogen-bond donors (Lipinski definition) is 1. The van der Waals surface area contributed by atoms with Crippen LogP contribution in [-0.2, 0) is 6.42 Å². The van der Waals surface area contributed by atoms with E-state index in [2.05, 4.69) is 31.3 Å². The van der Waals surface area contributed by atoms with Crippen molar-refractivity contribution < 1.29 is 4.74 Å². The van der Waals surface area contributed by atoms with Crippen molar-refractivity contribution in [3.8, 4) is 5.75 Å². The number of nitrogens with one attached hydrogen (secondary N) is 1. The lowest BCUT2D eigenvalue weighted by Gasteiger charge is -2.26. The van der Waals surface area contributed by atoms with Gasteiger partial charge in [-0.05, 0) is 81.2 Å². The molecule has 0 spiro atoms. The van der Waals surface area contributed by atoms with Gasteiger partial charge >= 0.3 is 0 Å². The van der Waals surface area contributed by atoms with E-state index in [4.69, 9.17) is 4.74 Å². The molecule has 1 unspecified atom stereocenters. The Bertz CT molecular complexity index is 459. The van der Waals surface area contributed by atoms with Crippen molar-refractivity contribution in [2.45, 2.75) is 58.4 Å². The molecule has 1 saturated heterocycles. The highest BCUT2D eigenvalue weighted by molar-refractivity contribution is 5.42. The molecule has 2 nitrogen and oxygen atoms in total. The predicted octanol–water partition coefficient (Wildman–Crippen LogP) is 3.78. The zero-order valence-electron chi connectivity index (χ0n) is 12.9. The van der Waals surface area contributed by atoms with E-state index in [9.17, 15) is 0 Å². The molecule has 0 bridgehead atoms. The summed E-state index contributed by atoms with van der Waals surface area (Å²) in [6, 6.07) is 5.23. The molecule has 1 aromatic rings. The van der Waals surface area contributed by atoms with Gasteiger partial charge in [-0.2, -0.15) is 0 Å². The highest BCUT2D eigenvalue weighted by Crippen LogP contribution is 2.30. The molecule has 2 heteroatoms. The highest BCUT2D eigenvalue weighted by Gasteiger charge is 2.20. The van der Waals surface area contributed by atoms with Gasteiger partial charge in [0.05, 0.1) is 6.61 Å². The first-order valence-corrected chi connectivity index (χ1v) is 8.18. The van der Waals surface area contributed by atoms with Crippen LogP contribution in [-0.4, -0.2) is 19.2 Å². The summed E-state index contributed by atoms with van der Waals surface area (Å²) in [6.45, 7) is 6.47. The third kappa shape index (κ3) is 3.17. The van der Waals surface area contributed by atoms with Crippen LogP contribution < -0.4 is 10.1 Å². The SMILES string of the molecule is Cc1cc(CC2CCCN2)c(OCC2CCC2)cc1C. The maximum Gasteiger partial charge on any atom is 0.122 e. The number of hydrogen-bond acceptors (Lipinski definition) is 2. The summed E-state index contributed by atoms with van der Waals surface area (Å²) in [5, 5.41) is 3.60. The lowest BCUT2D eigenvalue weighted by molar-refractivity contribution is 0.179. The van der Waals surface area contributed by atoms with Gasteiger partial charge in [0.1, 0.15) is 5.75 Å². The smallest absolute Gasteiger partial charge is 0.122 e. The van der Waals surface area contributed by atoms with Gasteiger partial charge < -0.3 is 10.1 Å². The molecule has 1 atom stereocenters. The van der Waals surface area contributed by atoms with E-state index in [1.54, 1.807) is 0 Å². The van der Waals surface area contributed by atoms with Crippen LogP contribution in [0.2, 0.25) is 0 Å². The molecule has 2 aliphatic rings. The Hall–Kier alpha value is -1.02. The van der Waals surface area contributed by atoms with E-state index < -0.39 is 0 Å². The quantitative estimate of drug-likeness (QED) is 0.881. The Balaban J connectivity index is 1.72. The lowest BCUT2D eigenvalue weighted by atomic mass is 9.86. The zero-order valence-corrected chi connectivity index (χ0v) is 12.9. The minimum atomic E-state index is 0.642. The standard InChI is InChI=1S/C18H27NO/c1-13-9-16(11-17-7-4-8-19-17)18(10-14(13)2)20-12-15-5-3-6-15/h9-10,15,17,19H,3-8,11-12H2,1-2H3. The van der Waals surface area contributed by atoms with E-state index in [-0.39, 0.29) is 0 Å². The highest BCUT2D eigenvalue weighted by atomic mass is 16.5. The van der Waals surface area contributed by atoms with Crippen molar-refractivity contribution in [2.75, 3.05) is 13.2 Å². The van der Waals surface area contributed by atoms with Crippen molar-refractivity contribution in [2.24, 2.45) is 5.92 Å². The van der Waals surface area contributed by atoms with Crippen molar-refractivity contribution in [1.29, 1.82) is 0 Å². The van der Waals surface area contributed by atoms with Crippen LogP contribution in [0.4, 0.5) is 0 Å². The second kappa shape index (κ2) is 6.17. The first-order valence-electron chi connectivity index (χ1n) is 8.18. The fourth-order valence-electron chi connectivity index (χ4n) is 3.21. The second-order valence-corrected chi connectivity index (χ2v) is 6.65. The van der Waals surface area contributed by atoms with Crippen LogP contribution in [0, 0.1) is 19.8 Å². The Morgan fingerprint density at radius 2 is 1.90 bits per heavy atom. The Morgan fingerprint density at radius 1 is 1.10 bits per heavy atom. The summed E-state index contributed by atoms with van der Waals surface area (Å²) < 4.78 is 6.16. The monoisotopic (exact) mass is 273 g/mol. The van der Waals surface area contributed by atoms with Crippen molar-refractivity contribution in [3.63, 3.8) is 0 Å². The summed E-state index contributed by atoms with van der Waals surface area (Å²) in [5.74, 6) is 1.93. The number of benzene rings is 1. The van der Waals surface area contributed by atoms with Gasteiger partial charge in [-0.1, -0.05) is 12.5 Å². The first kappa shape index (κ1) is 13.9. The molecule has 2 fully saturated rings. The van der Waals surface area contributed by atoms with E-state index in [0.717, 1.165) is 24.7 Å². The Kier molecular flexibility index (Phi) is 4.30. The van der Waals surface area contributed by atoms with E-state index in [1.165, 1.54) is 55.3 Å². The van der Waals surface area contributed by atoms with Gasteiger partial charge in [-0.25, -0.2) is 0 Å². The molecule has 0 radical (unpaired) electrons. The minimum Gasteiger partial charge on any atom is -0.493 e. The van der Waals surface area contributed by atoms with Gasteiger partial charge in [0, 0.05) is 6.04 Å². The molecule has 0 aromatic heterocycles. The zero-order chi connectivity index (χ0) is 13.9. The number of rotatable bonds is 5. The van der Waals surface area contributed by atoms with Crippen molar-refractivity contribution >= 4 is 0 Å². The summed E-state index contributed by atoms with van der Waals surface area (Å²) >= 11 is 0. The summed E-state index contributed by atoms with van der Waals surface area (Å²) in [6.07, 6.45) is 7.82. The molecule has 20 heavy (non-hydrogen) atoms. The molecule has 1 aliphatic heterocycles. The topological polar surface area (TPSA) is 21.3 Å². The summed E-state index contributed by atoms with van der Waals surface area (Å²) in [4.78, 5) is 0. The molecular formula is C18H27NO. The van der Waals surface area contributed by atoms with Crippen LogP contribution in [0.5, 0.6) is 5.75 Å². The van der Waals surface area contributed by atoms with Crippen LogP contribution >= 0.6 is 0 Å². The van der Waals surface area contributed by atoms with Gasteiger partial charge in [0.25, 0.3) is 0 Å². The van der Waals surface area contributed by atoms with Crippen LogP contribution in [0.1, 0.15) is 48.8 Å². The van der Waals surface area contributed by atoms with Gasteiger partial charge in [-0.3, -0.25) is 0 Å². The maximum atomic E-state index is 6.16. The maximum absolute atomic E-state index is 6.16.